The molecule has 12 nitrogen and oxygen atoms in total. The van der Waals surface area contributed by atoms with Gasteiger partial charge in [0, 0.05) is 120 Å². The van der Waals surface area contributed by atoms with E-state index in [9.17, 15) is 5.11 Å². The molecule has 12 heteroatoms. The quantitative estimate of drug-likeness (QED) is 0.0406. The number of allylic oxidation sites excluding steroid dienone is 1. The minimum Gasteiger partial charge on any atom is -0.507 e. The third-order valence-corrected chi connectivity index (χ3v) is 12.8. The van der Waals surface area contributed by atoms with Gasteiger partial charge < -0.3 is 59.0 Å². The van der Waals surface area contributed by atoms with E-state index >= 15 is 0 Å². The Labute approximate surface area is 443 Å². The average molecular weight is 1020 g/mol. The standard InChI is InChI=1S/C44H59N3O6.C7H16.C6H14O2.C4H10O/c1-6-31(3)33-10-15-38(41(48)28-33)44-39-16-13-36(46-35(19-22-51-26-24-49-4)20-23-52-27-25-50-5)29-42(39)53-43-30-37(14-17-40(43)44)47(7-2)21-18-32-8-11-34(45)12-9-32;1-4-6-7(3)5-2;1-3-4-8-6-5-7-2;1-3-4-5-2/h8-17,28-31,35-36,46,48H,6-7,18-27,45H2,1-5H3;7H,4-6H2,1-3H3;3-6H2,1-2H3;3-4H2,1-2H3. The van der Waals surface area contributed by atoms with E-state index < -0.39 is 0 Å². The van der Waals surface area contributed by atoms with E-state index in [-0.39, 0.29) is 17.8 Å². The van der Waals surface area contributed by atoms with Crippen LogP contribution >= 0.6 is 0 Å². The predicted molar refractivity (Wildman–Crippen MR) is 304 cm³/mol. The lowest BCUT2D eigenvalue weighted by Crippen LogP contribution is -2.39. The Morgan fingerprint density at radius 3 is 1.77 bits per heavy atom. The van der Waals surface area contributed by atoms with E-state index in [1.54, 1.807) is 28.4 Å². The molecule has 0 saturated heterocycles. The van der Waals surface area contributed by atoms with Gasteiger partial charge in [-0.2, -0.15) is 0 Å². The van der Waals surface area contributed by atoms with Crippen molar-refractivity contribution in [1.29, 1.82) is 0 Å². The summed E-state index contributed by atoms with van der Waals surface area (Å²) in [6.45, 7) is 25.9. The molecular weight excluding hydrogens is 919 g/mol. The molecule has 412 valence electrons. The van der Waals surface area contributed by atoms with Gasteiger partial charge in [0.1, 0.15) is 17.3 Å². The lowest BCUT2D eigenvalue weighted by Gasteiger charge is -2.31. The van der Waals surface area contributed by atoms with Gasteiger partial charge in [-0.3, -0.25) is 0 Å². The van der Waals surface area contributed by atoms with Gasteiger partial charge in [-0.05, 0) is 105 Å². The highest BCUT2D eigenvalue weighted by Gasteiger charge is 2.30. The molecule has 3 aromatic rings. The number of nitrogens with one attached hydrogen (secondary N) is 1. The van der Waals surface area contributed by atoms with Crippen LogP contribution in [0.3, 0.4) is 0 Å². The van der Waals surface area contributed by atoms with Crippen LogP contribution in [0.5, 0.6) is 11.5 Å². The van der Waals surface area contributed by atoms with E-state index in [2.05, 4.69) is 126 Å². The highest BCUT2D eigenvalue weighted by atomic mass is 16.5. The summed E-state index contributed by atoms with van der Waals surface area (Å²) in [7, 11) is 6.75. The maximum Gasteiger partial charge on any atom is 0.137 e. The van der Waals surface area contributed by atoms with Crippen LogP contribution < -0.4 is 20.7 Å². The number of nitrogens with zero attached hydrogens (tertiary/aromatic N) is 1. The number of phenolic OH excluding ortho intramolecular Hbond substituents is 1. The summed E-state index contributed by atoms with van der Waals surface area (Å²) in [5.41, 5.74) is 13.8. The number of benzene rings is 3. The fraction of sp³-hybridized carbons (Fsp3) is 0.607. The number of ether oxygens (including phenoxy) is 8. The fourth-order valence-corrected chi connectivity index (χ4v) is 8.08. The van der Waals surface area contributed by atoms with Gasteiger partial charge in [-0.15, -0.1) is 0 Å². The average Bonchev–Trinajstić information content (AvgIpc) is 3.40. The van der Waals surface area contributed by atoms with Crippen molar-refractivity contribution in [2.75, 3.05) is 118 Å². The van der Waals surface area contributed by atoms with Gasteiger partial charge in [0.15, 0.2) is 0 Å². The topological polar surface area (TPSA) is 135 Å². The Morgan fingerprint density at radius 2 is 1.26 bits per heavy atom. The first kappa shape index (κ1) is 64.9. The van der Waals surface area contributed by atoms with Crippen LogP contribution in [0, 0.1) is 5.92 Å². The Morgan fingerprint density at radius 1 is 0.658 bits per heavy atom. The molecule has 0 amide bonds. The molecule has 5 rings (SSSR count). The summed E-state index contributed by atoms with van der Waals surface area (Å²) in [5, 5.41) is 15.3. The molecule has 3 unspecified atom stereocenters. The molecule has 1 aliphatic carbocycles. The Bertz CT molecular complexity index is 1950. The second-order valence-corrected chi connectivity index (χ2v) is 18.7. The van der Waals surface area contributed by atoms with Crippen molar-refractivity contribution in [3.8, 4) is 11.5 Å². The van der Waals surface area contributed by atoms with E-state index in [1.165, 1.54) is 24.8 Å². The third kappa shape index (κ3) is 25.2. The van der Waals surface area contributed by atoms with Crippen molar-refractivity contribution < 1.29 is 43.0 Å². The van der Waals surface area contributed by atoms with E-state index in [4.69, 9.17) is 43.6 Å². The molecule has 1 heterocycles. The van der Waals surface area contributed by atoms with Crippen LogP contribution in [-0.4, -0.2) is 125 Å². The first-order valence-corrected chi connectivity index (χ1v) is 27.3. The molecule has 0 bridgehead atoms. The number of fused-ring (bicyclic) bond motifs is 2. The first-order chi connectivity index (χ1) is 35.5. The fourth-order valence-electron chi connectivity index (χ4n) is 8.08. The molecule has 2 aliphatic rings. The molecule has 0 radical (unpaired) electrons. The van der Waals surface area contributed by atoms with Crippen molar-refractivity contribution >= 4 is 16.9 Å². The van der Waals surface area contributed by atoms with Crippen molar-refractivity contribution in [2.45, 2.75) is 131 Å². The van der Waals surface area contributed by atoms with Gasteiger partial charge >= 0.3 is 0 Å². The number of nitrogens with two attached hydrogens (primary N) is 1. The highest BCUT2D eigenvalue weighted by Crippen LogP contribution is 2.47. The molecule has 0 fully saturated rings. The van der Waals surface area contributed by atoms with Gasteiger partial charge in [0.25, 0.3) is 0 Å². The van der Waals surface area contributed by atoms with Crippen LogP contribution in [0.2, 0.25) is 0 Å². The van der Waals surface area contributed by atoms with Crippen molar-refractivity contribution in [2.24, 2.45) is 5.92 Å². The zero-order valence-electron chi connectivity index (χ0n) is 47.4. The van der Waals surface area contributed by atoms with Crippen molar-refractivity contribution in [3.05, 3.63) is 112 Å². The second kappa shape index (κ2) is 40.1. The molecule has 0 spiro atoms. The molecule has 3 aromatic carbocycles. The number of phenols is 1. The van der Waals surface area contributed by atoms with E-state index in [0.29, 0.717) is 52.2 Å². The highest BCUT2D eigenvalue weighted by molar-refractivity contribution is 5.93. The second-order valence-electron chi connectivity index (χ2n) is 18.7. The van der Waals surface area contributed by atoms with Gasteiger partial charge in [-0.1, -0.05) is 104 Å². The van der Waals surface area contributed by atoms with Crippen molar-refractivity contribution in [3.63, 3.8) is 0 Å². The largest absolute Gasteiger partial charge is 0.507 e. The SMILES string of the molecule is CCC(C)c1ccc(C2=C3C=CC(NC(CCOCCOC)CCOCCOC)C=C3Oc3cc(N(CC)CCc4ccc(N)cc4)ccc32)c(O)c1.CCCC(C)CC.CCCOC.CCCOCCOC. The monoisotopic (exact) mass is 1020 g/mol. The molecule has 0 aromatic heterocycles. The number of nitrogen functional groups attached to an aromatic ring is 1. The lowest BCUT2D eigenvalue weighted by molar-refractivity contribution is 0.0538. The zero-order chi connectivity index (χ0) is 53.6. The van der Waals surface area contributed by atoms with Gasteiger partial charge in [0.2, 0.25) is 0 Å². The predicted octanol–water partition coefficient (Wildman–Crippen LogP) is 12.6. The normalized spacial score (nSPS) is 14.3. The number of anilines is 2. The summed E-state index contributed by atoms with van der Waals surface area (Å²) < 4.78 is 43.3. The number of hydrogen-bond acceptors (Lipinski definition) is 12. The zero-order valence-corrected chi connectivity index (χ0v) is 47.4. The van der Waals surface area contributed by atoms with E-state index in [0.717, 1.165) is 128 Å². The van der Waals surface area contributed by atoms with Gasteiger partial charge in [0.05, 0.1) is 39.6 Å². The number of methoxy groups -OCH3 is 4. The number of rotatable bonds is 32. The third-order valence-electron chi connectivity index (χ3n) is 12.8. The van der Waals surface area contributed by atoms with Crippen LogP contribution in [0.15, 0.2) is 90.2 Å². The number of hydrogen-bond donors (Lipinski definition) is 3. The van der Waals surface area contributed by atoms with Crippen LogP contribution in [0.25, 0.3) is 5.57 Å². The Balaban J connectivity index is 0.000000766. The maximum absolute atomic E-state index is 11.5. The van der Waals surface area contributed by atoms with Crippen LogP contribution in [0.1, 0.15) is 135 Å². The lowest BCUT2D eigenvalue weighted by atomic mass is 9.85. The summed E-state index contributed by atoms with van der Waals surface area (Å²) in [6.07, 6.45) is 16.3. The Hall–Kier alpha value is -4.24. The van der Waals surface area contributed by atoms with Crippen LogP contribution in [-0.2, 0) is 39.6 Å². The maximum atomic E-state index is 11.5. The summed E-state index contributed by atoms with van der Waals surface area (Å²) in [6, 6.07) is 20.8. The summed E-state index contributed by atoms with van der Waals surface area (Å²) in [4.78, 5) is 2.37. The smallest absolute Gasteiger partial charge is 0.137 e. The molecular formula is C61H99N3O9. The van der Waals surface area contributed by atoms with E-state index in [1.807, 2.05) is 18.2 Å². The van der Waals surface area contributed by atoms with Crippen molar-refractivity contribution in [1.82, 2.24) is 5.32 Å². The summed E-state index contributed by atoms with van der Waals surface area (Å²) in [5.74, 6) is 3.12. The molecule has 1 aliphatic heterocycles. The Kier molecular flexibility index (Phi) is 35.7. The molecule has 4 N–H and O–H groups in total. The summed E-state index contributed by atoms with van der Waals surface area (Å²) >= 11 is 0. The number of likely N-dealkylation sites (N-methyl/N-ethyl adjacent to an activating group) is 1. The molecule has 73 heavy (non-hydrogen) atoms. The minimum atomic E-state index is -0.0730. The van der Waals surface area contributed by atoms with Gasteiger partial charge in [-0.25, -0.2) is 0 Å². The van der Waals surface area contributed by atoms with Crippen LogP contribution in [0.4, 0.5) is 11.4 Å². The minimum absolute atomic E-state index is 0.0730. The number of aromatic hydroxyl groups is 1. The first-order valence-electron chi connectivity index (χ1n) is 27.3. The molecule has 3 atom stereocenters. The molecule has 0 saturated carbocycles.